The molecule has 20 heavy (non-hydrogen) atoms. The first-order valence-electron chi connectivity index (χ1n) is 5.77. The van der Waals surface area contributed by atoms with Crippen molar-refractivity contribution in [3.8, 4) is 0 Å². The SMILES string of the molecule is N=C(N=C(N)N)SCCN1C(=O)c2ccccc2C1=O. The number of imide groups is 1. The molecule has 0 saturated heterocycles. The minimum absolute atomic E-state index is 0.0541. The van der Waals surface area contributed by atoms with E-state index in [1.54, 1.807) is 24.3 Å². The molecular formula is C12H13N5O2S. The summed E-state index contributed by atoms with van der Waals surface area (Å²) in [6, 6.07) is 6.70. The van der Waals surface area contributed by atoms with E-state index < -0.39 is 0 Å². The third-order valence-corrected chi connectivity index (χ3v) is 3.41. The average Bonchev–Trinajstić information content (AvgIpc) is 2.63. The van der Waals surface area contributed by atoms with Gasteiger partial charge in [-0.3, -0.25) is 19.9 Å². The summed E-state index contributed by atoms with van der Waals surface area (Å²) in [5, 5.41) is 7.40. The van der Waals surface area contributed by atoms with E-state index in [1.165, 1.54) is 4.90 Å². The standard InChI is InChI=1S/C12H13N5O2S/c13-11(14)16-12(15)20-6-5-17-9(18)7-3-1-2-4-8(7)10(17)19/h1-4H,5-6H2,(H5,13,14,15,16). The van der Waals surface area contributed by atoms with Gasteiger partial charge in [0.15, 0.2) is 11.1 Å². The van der Waals surface area contributed by atoms with Gasteiger partial charge in [-0.25, -0.2) is 0 Å². The van der Waals surface area contributed by atoms with E-state index in [9.17, 15) is 9.59 Å². The van der Waals surface area contributed by atoms with Crippen molar-refractivity contribution >= 4 is 34.7 Å². The van der Waals surface area contributed by atoms with Gasteiger partial charge in [0, 0.05) is 12.3 Å². The fraction of sp³-hybridized carbons (Fsp3) is 0.167. The van der Waals surface area contributed by atoms with E-state index >= 15 is 0 Å². The van der Waals surface area contributed by atoms with Gasteiger partial charge >= 0.3 is 0 Å². The Labute approximate surface area is 119 Å². The minimum atomic E-state index is -0.306. The van der Waals surface area contributed by atoms with Crippen LogP contribution in [0, 0.1) is 5.41 Å². The van der Waals surface area contributed by atoms with Crippen molar-refractivity contribution in [2.24, 2.45) is 16.5 Å². The molecule has 1 heterocycles. The maximum atomic E-state index is 12.0. The molecule has 8 heteroatoms. The second-order valence-electron chi connectivity index (χ2n) is 4.00. The first-order valence-corrected chi connectivity index (χ1v) is 6.75. The van der Waals surface area contributed by atoms with E-state index in [4.69, 9.17) is 16.9 Å². The fourth-order valence-electron chi connectivity index (χ4n) is 1.83. The van der Waals surface area contributed by atoms with E-state index in [0.717, 1.165) is 11.8 Å². The van der Waals surface area contributed by atoms with Crippen LogP contribution < -0.4 is 11.5 Å². The van der Waals surface area contributed by atoms with Gasteiger partial charge in [0.1, 0.15) is 0 Å². The van der Waals surface area contributed by atoms with E-state index in [0.29, 0.717) is 16.9 Å². The van der Waals surface area contributed by atoms with Gasteiger partial charge in [-0.15, -0.1) is 0 Å². The number of nitrogens with one attached hydrogen (secondary N) is 1. The van der Waals surface area contributed by atoms with Crippen molar-refractivity contribution < 1.29 is 9.59 Å². The summed E-state index contributed by atoms with van der Waals surface area (Å²) in [5.41, 5.74) is 11.1. The largest absolute Gasteiger partial charge is 0.370 e. The highest BCUT2D eigenvalue weighted by atomic mass is 32.2. The van der Waals surface area contributed by atoms with Crippen LogP contribution in [0.25, 0.3) is 0 Å². The Morgan fingerprint density at radius 3 is 2.25 bits per heavy atom. The van der Waals surface area contributed by atoms with Crippen molar-refractivity contribution in [1.82, 2.24) is 4.90 Å². The van der Waals surface area contributed by atoms with Crippen LogP contribution in [0.1, 0.15) is 20.7 Å². The van der Waals surface area contributed by atoms with Gasteiger partial charge in [0.05, 0.1) is 11.1 Å². The van der Waals surface area contributed by atoms with Crippen molar-refractivity contribution in [2.75, 3.05) is 12.3 Å². The number of carbonyl (C=O) groups excluding carboxylic acids is 2. The molecule has 2 rings (SSSR count). The summed E-state index contributed by atoms with van der Waals surface area (Å²) in [5.74, 6) is -0.441. The highest BCUT2D eigenvalue weighted by Crippen LogP contribution is 2.22. The molecule has 0 unspecified atom stereocenters. The Hall–Kier alpha value is -2.35. The first-order chi connectivity index (χ1) is 9.50. The molecule has 0 saturated carbocycles. The zero-order valence-electron chi connectivity index (χ0n) is 10.5. The number of nitrogens with two attached hydrogens (primary N) is 2. The van der Waals surface area contributed by atoms with Gasteiger partial charge in [0.25, 0.3) is 11.8 Å². The molecule has 0 aliphatic carbocycles. The molecule has 0 spiro atoms. The van der Waals surface area contributed by atoms with Crippen LogP contribution in [0.2, 0.25) is 0 Å². The highest BCUT2D eigenvalue weighted by Gasteiger charge is 2.34. The summed E-state index contributed by atoms with van der Waals surface area (Å²) >= 11 is 1.06. The molecule has 5 N–H and O–H groups in total. The lowest BCUT2D eigenvalue weighted by Crippen LogP contribution is -2.32. The van der Waals surface area contributed by atoms with Crippen LogP contribution in [0.15, 0.2) is 29.3 Å². The van der Waals surface area contributed by atoms with Crippen molar-refractivity contribution in [3.05, 3.63) is 35.4 Å². The van der Waals surface area contributed by atoms with Crippen LogP contribution >= 0.6 is 11.8 Å². The van der Waals surface area contributed by atoms with Crippen molar-refractivity contribution in [1.29, 1.82) is 5.41 Å². The average molecular weight is 291 g/mol. The van der Waals surface area contributed by atoms with E-state index in [2.05, 4.69) is 4.99 Å². The normalized spacial score (nSPS) is 13.3. The summed E-state index contributed by atoms with van der Waals surface area (Å²) in [4.78, 5) is 28.8. The number of thioether (sulfide) groups is 1. The van der Waals surface area contributed by atoms with Crippen molar-refractivity contribution in [2.45, 2.75) is 0 Å². The Morgan fingerprint density at radius 2 is 1.75 bits per heavy atom. The fourth-order valence-corrected chi connectivity index (χ4v) is 2.46. The molecule has 0 bridgehead atoms. The molecular weight excluding hydrogens is 278 g/mol. The molecule has 1 aromatic carbocycles. The molecule has 0 atom stereocenters. The van der Waals surface area contributed by atoms with Gasteiger partial charge in [0.2, 0.25) is 0 Å². The Bertz CT molecular complexity index is 575. The van der Waals surface area contributed by atoms with Gasteiger partial charge in [-0.1, -0.05) is 23.9 Å². The van der Waals surface area contributed by atoms with Crippen LogP contribution in [0.5, 0.6) is 0 Å². The number of guanidine groups is 1. The number of hydrogen-bond acceptors (Lipinski definition) is 4. The van der Waals surface area contributed by atoms with Crippen LogP contribution in [0.3, 0.4) is 0 Å². The van der Waals surface area contributed by atoms with Gasteiger partial charge in [-0.05, 0) is 12.1 Å². The summed E-state index contributed by atoms with van der Waals surface area (Å²) in [6.45, 7) is 0.208. The molecule has 1 aliphatic rings. The molecule has 0 radical (unpaired) electrons. The highest BCUT2D eigenvalue weighted by molar-refractivity contribution is 8.13. The number of hydrogen-bond donors (Lipinski definition) is 3. The molecule has 104 valence electrons. The third kappa shape index (κ3) is 2.80. The number of carbonyl (C=O) groups is 2. The first kappa shape index (κ1) is 14.1. The summed E-state index contributed by atoms with van der Waals surface area (Å²) in [6.07, 6.45) is 0. The second-order valence-corrected chi connectivity index (χ2v) is 5.08. The minimum Gasteiger partial charge on any atom is -0.370 e. The third-order valence-electron chi connectivity index (χ3n) is 2.66. The Morgan fingerprint density at radius 1 is 1.20 bits per heavy atom. The summed E-state index contributed by atoms with van der Waals surface area (Å²) < 4.78 is 0. The number of fused-ring (bicyclic) bond motifs is 1. The number of amides is 2. The predicted octanol–water partition coefficient (Wildman–Crippen LogP) is 0.224. The Kier molecular flexibility index (Phi) is 4.04. The number of rotatable bonds is 3. The van der Waals surface area contributed by atoms with Crippen molar-refractivity contribution in [3.63, 3.8) is 0 Å². The molecule has 0 aromatic heterocycles. The lowest BCUT2D eigenvalue weighted by molar-refractivity contribution is 0.0664. The quantitative estimate of drug-likeness (QED) is 0.417. The lowest BCUT2D eigenvalue weighted by Gasteiger charge is -2.12. The lowest BCUT2D eigenvalue weighted by atomic mass is 10.1. The van der Waals surface area contributed by atoms with E-state index in [-0.39, 0.29) is 29.5 Å². The monoisotopic (exact) mass is 291 g/mol. The zero-order chi connectivity index (χ0) is 14.7. The molecule has 1 aromatic rings. The molecule has 1 aliphatic heterocycles. The number of nitrogens with zero attached hydrogens (tertiary/aromatic N) is 2. The molecule has 2 amide bonds. The zero-order valence-corrected chi connectivity index (χ0v) is 11.3. The maximum Gasteiger partial charge on any atom is 0.261 e. The topological polar surface area (TPSA) is 126 Å². The summed E-state index contributed by atoms with van der Waals surface area (Å²) in [7, 11) is 0. The Balaban J connectivity index is 1.96. The van der Waals surface area contributed by atoms with Crippen LogP contribution in [0.4, 0.5) is 0 Å². The maximum absolute atomic E-state index is 12.0. The molecule has 7 nitrogen and oxygen atoms in total. The number of amidine groups is 1. The van der Waals surface area contributed by atoms with Crippen LogP contribution in [-0.4, -0.2) is 40.1 Å². The van der Waals surface area contributed by atoms with Gasteiger partial charge < -0.3 is 11.5 Å². The van der Waals surface area contributed by atoms with Crippen LogP contribution in [-0.2, 0) is 0 Å². The smallest absolute Gasteiger partial charge is 0.261 e. The van der Waals surface area contributed by atoms with Gasteiger partial charge in [-0.2, -0.15) is 4.99 Å². The number of aliphatic imine (C=N–C) groups is 1. The van der Waals surface area contributed by atoms with E-state index in [1.807, 2.05) is 0 Å². The number of benzene rings is 1. The second kappa shape index (κ2) is 5.74. The predicted molar refractivity (Wildman–Crippen MR) is 77.8 cm³/mol. The molecule has 0 fully saturated rings.